The third-order valence-corrected chi connectivity index (χ3v) is 5.43. The van der Waals surface area contributed by atoms with E-state index in [1.54, 1.807) is 0 Å². The Kier molecular flexibility index (Phi) is 8.04. The van der Waals surface area contributed by atoms with Crippen LogP contribution in [0.2, 0.25) is 0 Å². The van der Waals surface area contributed by atoms with E-state index in [0.29, 0.717) is 5.25 Å². The number of nitrogens with one attached hydrogen (secondary N) is 2. The molecular weight excluding hydrogens is 342 g/mol. The summed E-state index contributed by atoms with van der Waals surface area (Å²) in [5.74, 6) is 0.832. The van der Waals surface area contributed by atoms with Crippen molar-refractivity contribution < 1.29 is 0 Å². The third kappa shape index (κ3) is 5.53. The van der Waals surface area contributed by atoms with Gasteiger partial charge in [0, 0.05) is 48.6 Å². The first kappa shape index (κ1) is 20.4. The van der Waals surface area contributed by atoms with Gasteiger partial charge in [0.05, 0.1) is 5.69 Å². The van der Waals surface area contributed by atoms with Crippen molar-refractivity contribution in [3.63, 3.8) is 0 Å². The molecule has 1 atom stereocenters. The molecule has 1 aromatic heterocycles. The SMILES string of the molecule is CCc1nn(C)c(CC)c1CNC(=NC)NCC(C)Sc1ccccc1. The van der Waals surface area contributed by atoms with E-state index in [4.69, 9.17) is 0 Å². The van der Waals surface area contributed by atoms with Gasteiger partial charge in [0.25, 0.3) is 0 Å². The molecule has 26 heavy (non-hydrogen) atoms. The van der Waals surface area contributed by atoms with Crippen molar-refractivity contribution in [2.75, 3.05) is 13.6 Å². The number of guanidine groups is 1. The van der Waals surface area contributed by atoms with Crippen LogP contribution in [0.15, 0.2) is 40.2 Å². The zero-order valence-electron chi connectivity index (χ0n) is 16.5. The van der Waals surface area contributed by atoms with E-state index in [9.17, 15) is 0 Å². The van der Waals surface area contributed by atoms with Crippen molar-refractivity contribution in [2.45, 2.75) is 50.3 Å². The highest BCUT2D eigenvalue weighted by atomic mass is 32.2. The first-order valence-corrected chi connectivity index (χ1v) is 10.2. The number of benzene rings is 1. The van der Waals surface area contributed by atoms with Crippen LogP contribution in [0.4, 0.5) is 0 Å². The molecule has 0 aliphatic carbocycles. The van der Waals surface area contributed by atoms with Crippen molar-refractivity contribution in [1.82, 2.24) is 20.4 Å². The second-order valence-electron chi connectivity index (χ2n) is 6.25. The first-order valence-electron chi connectivity index (χ1n) is 9.28. The van der Waals surface area contributed by atoms with E-state index >= 15 is 0 Å². The number of rotatable bonds is 8. The van der Waals surface area contributed by atoms with Gasteiger partial charge in [-0.15, -0.1) is 11.8 Å². The summed E-state index contributed by atoms with van der Waals surface area (Å²) in [5, 5.41) is 12.0. The fraction of sp³-hybridized carbons (Fsp3) is 0.500. The van der Waals surface area contributed by atoms with Crippen molar-refractivity contribution >= 4 is 17.7 Å². The maximum Gasteiger partial charge on any atom is 0.191 e. The van der Waals surface area contributed by atoms with Gasteiger partial charge in [-0.25, -0.2) is 0 Å². The molecule has 0 aliphatic heterocycles. The summed E-state index contributed by atoms with van der Waals surface area (Å²) in [5.41, 5.74) is 3.75. The molecule has 1 unspecified atom stereocenters. The average molecular weight is 374 g/mol. The minimum atomic E-state index is 0.451. The van der Waals surface area contributed by atoms with E-state index in [1.807, 2.05) is 36.6 Å². The van der Waals surface area contributed by atoms with Crippen LogP contribution in [0.1, 0.15) is 37.7 Å². The highest BCUT2D eigenvalue weighted by Crippen LogP contribution is 2.22. The molecule has 0 fully saturated rings. The van der Waals surface area contributed by atoms with Crippen LogP contribution in [0.3, 0.4) is 0 Å². The summed E-state index contributed by atoms with van der Waals surface area (Å²) >= 11 is 1.87. The molecule has 0 bridgehead atoms. The molecule has 2 N–H and O–H groups in total. The summed E-state index contributed by atoms with van der Waals surface area (Å²) < 4.78 is 2.00. The number of aliphatic imine (C=N–C) groups is 1. The lowest BCUT2D eigenvalue weighted by molar-refractivity contribution is 0.702. The maximum absolute atomic E-state index is 4.64. The van der Waals surface area contributed by atoms with Crippen molar-refractivity contribution in [3.05, 3.63) is 47.3 Å². The predicted octanol–water partition coefficient (Wildman–Crippen LogP) is 3.39. The summed E-state index contributed by atoms with van der Waals surface area (Å²) in [6.07, 6.45) is 1.93. The number of nitrogens with zero attached hydrogens (tertiary/aromatic N) is 3. The molecular formula is C20H31N5S. The first-order chi connectivity index (χ1) is 12.6. The second-order valence-corrected chi connectivity index (χ2v) is 7.76. The lowest BCUT2D eigenvalue weighted by Crippen LogP contribution is -2.39. The summed E-state index contributed by atoms with van der Waals surface area (Å²) in [6.45, 7) is 8.16. The zero-order chi connectivity index (χ0) is 18.9. The fourth-order valence-corrected chi connectivity index (χ4v) is 3.95. The molecule has 0 saturated heterocycles. The van der Waals surface area contributed by atoms with Crippen LogP contribution < -0.4 is 10.6 Å². The van der Waals surface area contributed by atoms with E-state index < -0.39 is 0 Å². The van der Waals surface area contributed by atoms with E-state index in [1.165, 1.54) is 21.8 Å². The Morgan fingerprint density at radius 1 is 1.19 bits per heavy atom. The van der Waals surface area contributed by atoms with Crippen LogP contribution in [-0.4, -0.2) is 34.6 Å². The largest absolute Gasteiger partial charge is 0.355 e. The Hall–Kier alpha value is -1.95. The van der Waals surface area contributed by atoms with Crippen LogP contribution in [0.5, 0.6) is 0 Å². The monoisotopic (exact) mass is 373 g/mol. The molecule has 0 saturated carbocycles. The molecule has 0 amide bonds. The standard InChI is InChI=1S/C20H31N5S/c1-6-18-17(19(7-2)25(5)24-18)14-23-20(21-4)22-13-15(3)26-16-11-9-8-10-12-16/h8-12,15H,6-7,13-14H2,1-5H3,(H2,21,22,23). The van der Waals surface area contributed by atoms with Gasteiger partial charge in [0.2, 0.25) is 0 Å². The molecule has 5 nitrogen and oxygen atoms in total. The topological polar surface area (TPSA) is 54.2 Å². The van der Waals surface area contributed by atoms with Gasteiger partial charge in [-0.2, -0.15) is 5.10 Å². The maximum atomic E-state index is 4.64. The van der Waals surface area contributed by atoms with Gasteiger partial charge >= 0.3 is 0 Å². The Morgan fingerprint density at radius 3 is 2.54 bits per heavy atom. The second kappa shape index (κ2) is 10.3. The quantitative estimate of drug-likeness (QED) is 0.423. The predicted molar refractivity (Wildman–Crippen MR) is 112 cm³/mol. The zero-order valence-corrected chi connectivity index (χ0v) is 17.4. The molecule has 0 radical (unpaired) electrons. The molecule has 1 aromatic carbocycles. The van der Waals surface area contributed by atoms with Crippen molar-refractivity contribution in [3.8, 4) is 0 Å². The van der Waals surface area contributed by atoms with Crippen LogP contribution in [-0.2, 0) is 26.4 Å². The average Bonchev–Trinajstić information content (AvgIpc) is 2.97. The smallest absolute Gasteiger partial charge is 0.191 e. The van der Waals surface area contributed by atoms with Gasteiger partial charge < -0.3 is 10.6 Å². The van der Waals surface area contributed by atoms with Crippen molar-refractivity contribution in [1.29, 1.82) is 0 Å². The summed E-state index contributed by atoms with van der Waals surface area (Å²) in [4.78, 5) is 5.65. The molecule has 0 spiro atoms. The summed E-state index contributed by atoms with van der Waals surface area (Å²) in [7, 11) is 3.84. The van der Waals surface area contributed by atoms with E-state index in [-0.39, 0.29) is 0 Å². The lowest BCUT2D eigenvalue weighted by Gasteiger charge is -2.16. The highest BCUT2D eigenvalue weighted by Gasteiger charge is 2.14. The lowest BCUT2D eigenvalue weighted by atomic mass is 10.1. The Balaban J connectivity index is 1.88. The number of aromatic nitrogens is 2. The van der Waals surface area contributed by atoms with E-state index in [0.717, 1.165) is 31.9 Å². The fourth-order valence-electron chi connectivity index (χ4n) is 3.00. The van der Waals surface area contributed by atoms with Gasteiger partial charge in [-0.3, -0.25) is 9.67 Å². The third-order valence-electron chi connectivity index (χ3n) is 4.32. The van der Waals surface area contributed by atoms with Crippen molar-refractivity contribution in [2.24, 2.45) is 12.0 Å². The number of hydrogen-bond donors (Lipinski definition) is 2. The van der Waals surface area contributed by atoms with Crippen LogP contribution in [0, 0.1) is 0 Å². The van der Waals surface area contributed by atoms with Gasteiger partial charge in [0.15, 0.2) is 5.96 Å². The Labute approximate surface area is 161 Å². The van der Waals surface area contributed by atoms with Crippen LogP contribution in [0.25, 0.3) is 0 Å². The van der Waals surface area contributed by atoms with Gasteiger partial charge in [0.1, 0.15) is 0 Å². The van der Waals surface area contributed by atoms with Gasteiger partial charge in [-0.1, -0.05) is 39.0 Å². The molecule has 6 heteroatoms. The molecule has 2 aromatic rings. The van der Waals surface area contributed by atoms with Gasteiger partial charge in [-0.05, 0) is 25.0 Å². The van der Waals surface area contributed by atoms with E-state index in [2.05, 4.69) is 65.8 Å². The van der Waals surface area contributed by atoms with Crippen LogP contribution >= 0.6 is 11.8 Å². The Morgan fingerprint density at radius 2 is 1.92 bits per heavy atom. The molecule has 142 valence electrons. The summed E-state index contributed by atoms with van der Waals surface area (Å²) in [6, 6.07) is 10.5. The number of thioether (sulfide) groups is 1. The molecule has 0 aliphatic rings. The normalized spacial score (nSPS) is 12.9. The highest BCUT2D eigenvalue weighted by molar-refractivity contribution is 8.00. The molecule has 1 heterocycles. The number of hydrogen-bond acceptors (Lipinski definition) is 3. The minimum Gasteiger partial charge on any atom is -0.355 e. The Bertz CT molecular complexity index is 708. The number of aryl methyl sites for hydroxylation is 2. The minimum absolute atomic E-state index is 0.451. The molecule has 2 rings (SSSR count).